The second-order valence-corrected chi connectivity index (χ2v) is 5.51. The molecule has 0 atom stereocenters. The predicted octanol–water partition coefficient (Wildman–Crippen LogP) is 2.82. The lowest BCUT2D eigenvalue weighted by atomic mass is 10.2. The standard InChI is InChI=1S/C14H19BrN4/c1-4-16-8-14-10(2)18-19(11(14)3)9-12-5-13(15)7-17-6-12/h5-7,16H,4,8-9H2,1-3H3. The Labute approximate surface area is 122 Å². The van der Waals surface area contributed by atoms with Crippen LogP contribution in [0.15, 0.2) is 22.9 Å². The van der Waals surface area contributed by atoms with Crippen LogP contribution in [0.1, 0.15) is 29.4 Å². The number of hydrogen-bond acceptors (Lipinski definition) is 3. The highest BCUT2D eigenvalue weighted by atomic mass is 79.9. The fraction of sp³-hybridized carbons (Fsp3) is 0.429. The summed E-state index contributed by atoms with van der Waals surface area (Å²) in [5.41, 5.74) is 4.76. The van der Waals surface area contributed by atoms with E-state index in [0.717, 1.165) is 35.4 Å². The van der Waals surface area contributed by atoms with Gasteiger partial charge in [0.2, 0.25) is 0 Å². The lowest BCUT2D eigenvalue weighted by Gasteiger charge is -2.06. The molecule has 0 unspecified atom stereocenters. The first-order chi connectivity index (χ1) is 9.11. The molecule has 5 heteroatoms. The van der Waals surface area contributed by atoms with E-state index in [4.69, 9.17) is 0 Å². The van der Waals surface area contributed by atoms with Gasteiger partial charge < -0.3 is 5.32 Å². The van der Waals surface area contributed by atoms with Crippen LogP contribution in [0, 0.1) is 13.8 Å². The van der Waals surface area contributed by atoms with Crippen LogP contribution < -0.4 is 5.32 Å². The summed E-state index contributed by atoms with van der Waals surface area (Å²) in [6.45, 7) is 8.91. The molecule has 0 fully saturated rings. The minimum atomic E-state index is 0.755. The maximum absolute atomic E-state index is 4.62. The van der Waals surface area contributed by atoms with Gasteiger partial charge in [0.1, 0.15) is 0 Å². The molecule has 4 nitrogen and oxygen atoms in total. The highest BCUT2D eigenvalue weighted by molar-refractivity contribution is 9.10. The van der Waals surface area contributed by atoms with E-state index in [1.54, 1.807) is 6.20 Å². The molecule has 0 spiro atoms. The van der Waals surface area contributed by atoms with Crippen molar-refractivity contribution in [2.75, 3.05) is 6.54 Å². The van der Waals surface area contributed by atoms with Crippen LogP contribution in [0.4, 0.5) is 0 Å². The van der Waals surface area contributed by atoms with Crippen LogP contribution in [0.25, 0.3) is 0 Å². The van der Waals surface area contributed by atoms with Gasteiger partial charge in [-0.2, -0.15) is 5.10 Å². The molecule has 0 saturated carbocycles. The van der Waals surface area contributed by atoms with Crippen molar-refractivity contribution >= 4 is 15.9 Å². The number of nitrogens with zero attached hydrogens (tertiary/aromatic N) is 3. The molecule has 0 saturated heterocycles. The quantitative estimate of drug-likeness (QED) is 0.920. The van der Waals surface area contributed by atoms with Crippen LogP contribution >= 0.6 is 15.9 Å². The lowest BCUT2D eigenvalue weighted by molar-refractivity contribution is 0.653. The molecule has 1 N–H and O–H groups in total. The molecule has 102 valence electrons. The predicted molar refractivity (Wildman–Crippen MR) is 80.1 cm³/mol. The monoisotopic (exact) mass is 322 g/mol. The first-order valence-corrected chi connectivity index (χ1v) is 7.24. The molecule has 0 bridgehead atoms. The zero-order chi connectivity index (χ0) is 13.8. The number of hydrogen-bond donors (Lipinski definition) is 1. The average Bonchev–Trinajstić information content (AvgIpc) is 2.62. The fourth-order valence-corrected chi connectivity index (χ4v) is 2.52. The van der Waals surface area contributed by atoms with Crippen molar-refractivity contribution < 1.29 is 0 Å². The number of aryl methyl sites for hydroxylation is 1. The zero-order valence-corrected chi connectivity index (χ0v) is 13.2. The highest BCUT2D eigenvalue weighted by Gasteiger charge is 2.11. The maximum atomic E-state index is 4.62. The Hall–Kier alpha value is -1.20. The first-order valence-electron chi connectivity index (χ1n) is 6.44. The van der Waals surface area contributed by atoms with E-state index in [0.29, 0.717) is 0 Å². The molecular formula is C14H19BrN4. The van der Waals surface area contributed by atoms with Gasteiger partial charge in [-0.3, -0.25) is 9.67 Å². The van der Waals surface area contributed by atoms with Gasteiger partial charge in [-0.05, 0) is 48.0 Å². The number of pyridine rings is 1. The lowest BCUT2D eigenvalue weighted by Crippen LogP contribution is -2.13. The minimum Gasteiger partial charge on any atom is -0.313 e. The van der Waals surface area contributed by atoms with Crippen LogP contribution in [0.2, 0.25) is 0 Å². The Bertz CT molecular complexity index is 563. The van der Waals surface area contributed by atoms with Gasteiger partial charge in [0.05, 0.1) is 12.2 Å². The Morgan fingerprint density at radius 2 is 2.11 bits per heavy atom. The van der Waals surface area contributed by atoms with Crippen LogP contribution in [0.3, 0.4) is 0 Å². The van der Waals surface area contributed by atoms with Crippen LogP contribution in [-0.4, -0.2) is 21.3 Å². The van der Waals surface area contributed by atoms with Crippen molar-refractivity contribution in [2.45, 2.75) is 33.9 Å². The van der Waals surface area contributed by atoms with E-state index >= 15 is 0 Å². The largest absolute Gasteiger partial charge is 0.313 e. The normalized spacial score (nSPS) is 10.9. The Kier molecular flexibility index (Phi) is 4.71. The summed E-state index contributed by atoms with van der Waals surface area (Å²) in [4.78, 5) is 4.19. The summed E-state index contributed by atoms with van der Waals surface area (Å²) in [5.74, 6) is 0. The van der Waals surface area contributed by atoms with Crippen molar-refractivity contribution in [1.82, 2.24) is 20.1 Å². The average molecular weight is 323 g/mol. The van der Waals surface area contributed by atoms with Gasteiger partial charge in [0, 0.05) is 34.7 Å². The molecule has 2 rings (SSSR count). The molecule has 2 heterocycles. The molecule has 19 heavy (non-hydrogen) atoms. The number of aromatic nitrogens is 3. The third-order valence-corrected chi connectivity index (χ3v) is 3.61. The second-order valence-electron chi connectivity index (χ2n) is 4.60. The van der Waals surface area contributed by atoms with Crippen molar-refractivity contribution in [3.63, 3.8) is 0 Å². The summed E-state index contributed by atoms with van der Waals surface area (Å²) in [5, 5.41) is 7.98. The van der Waals surface area contributed by atoms with Crippen molar-refractivity contribution in [1.29, 1.82) is 0 Å². The summed E-state index contributed by atoms with van der Waals surface area (Å²) in [6.07, 6.45) is 3.67. The van der Waals surface area contributed by atoms with Gasteiger partial charge in [0.25, 0.3) is 0 Å². The van der Waals surface area contributed by atoms with Crippen LogP contribution in [0.5, 0.6) is 0 Å². The summed E-state index contributed by atoms with van der Waals surface area (Å²) >= 11 is 3.45. The third kappa shape index (κ3) is 3.42. The summed E-state index contributed by atoms with van der Waals surface area (Å²) < 4.78 is 3.05. The highest BCUT2D eigenvalue weighted by Crippen LogP contribution is 2.16. The topological polar surface area (TPSA) is 42.7 Å². The summed E-state index contributed by atoms with van der Waals surface area (Å²) in [7, 11) is 0. The molecular weight excluding hydrogens is 304 g/mol. The number of nitrogens with one attached hydrogen (secondary N) is 1. The Morgan fingerprint density at radius 3 is 2.79 bits per heavy atom. The van der Waals surface area contributed by atoms with Crippen molar-refractivity contribution in [2.24, 2.45) is 0 Å². The summed E-state index contributed by atoms with van der Waals surface area (Å²) in [6, 6.07) is 2.08. The molecule has 0 aliphatic rings. The van der Waals surface area contributed by atoms with E-state index in [1.165, 1.54) is 11.3 Å². The van der Waals surface area contributed by atoms with E-state index in [-0.39, 0.29) is 0 Å². The van der Waals surface area contributed by atoms with Crippen molar-refractivity contribution in [3.05, 3.63) is 45.4 Å². The molecule has 0 amide bonds. The zero-order valence-electron chi connectivity index (χ0n) is 11.6. The van der Waals surface area contributed by atoms with Crippen molar-refractivity contribution in [3.8, 4) is 0 Å². The molecule has 0 radical (unpaired) electrons. The molecule has 2 aromatic heterocycles. The maximum Gasteiger partial charge on any atom is 0.0678 e. The van der Waals surface area contributed by atoms with E-state index in [9.17, 15) is 0 Å². The molecule has 2 aromatic rings. The Morgan fingerprint density at radius 1 is 1.32 bits per heavy atom. The van der Waals surface area contributed by atoms with Crippen LogP contribution in [-0.2, 0) is 13.1 Å². The second kappa shape index (κ2) is 6.30. The number of rotatable bonds is 5. The fourth-order valence-electron chi connectivity index (χ4n) is 2.11. The van der Waals surface area contributed by atoms with Gasteiger partial charge in [-0.1, -0.05) is 6.92 Å². The number of halogens is 1. The van der Waals surface area contributed by atoms with E-state index < -0.39 is 0 Å². The van der Waals surface area contributed by atoms with Gasteiger partial charge in [0.15, 0.2) is 0 Å². The van der Waals surface area contributed by atoms with E-state index in [1.807, 2.05) is 10.9 Å². The third-order valence-electron chi connectivity index (χ3n) is 3.18. The van der Waals surface area contributed by atoms with Gasteiger partial charge in [-0.25, -0.2) is 0 Å². The first kappa shape index (κ1) is 14.2. The van der Waals surface area contributed by atoms with Gasteiger partial charge >= 0.3 is 0 Å². The Balaban J connectivity index is 2.21. The molecule has 0 aliphatic heterocycles. The van der Waals surface area contributed by atoms with Gasteiger partial charge in [-0.15, -0.1) is 0 Å². The van der Waals surface area contributed by atoms with E-state index in [2.05, 4.69) is 58.2 Å². The molecule has 0 aromatic carbocycles. The smallest absolute Gasteiger partial charge is 0.0678 e. The SMILES string of the molecule is CCNCc1c(C)nn(Cc2cncc(Br)c2)c1C. The molecule has 0 aliphatic carbocycles. The minimum absolute atomic E-state index is 0.755.